The Balaban J connectivity index is 2.10. The summed E-state index contributed by atoms with van der Waals surface area (Å²) in [5.74, 6) is 1.18. The van der Waals surface area contributed by atoms with E-state index in [0.29, 0.717) is 18.3 Å². The molecule has 0 aliphatic carbocycles. The number of anilines is 1. The first-order valence-electron chi connectivity index (χ1n) is 5.39. The van der Waals surface area contributed by atoms with Crippen LogP contribution in [0.1, 0.15) is 5.82 Å². The van der Waals surface area contributed by atoms with Crippen LogP contribution in [0.2, 0.25) is 0 Å². The predicted molar refractivity (Wildman–Crippen MR) is 72.0 cm³/mol. The van der Waals surface area contributed by atoms with E-state index in [2.05, 4.69) is 31.0 Å². The number of nitrogen functional groups attached to an aromatic ring is 1. The molecule has 0 saturated carbocycles. The van der Waals surface area contributed by atoms with Gasteiger partial charge in [-0.2, -0.15) is 5.10 Å². The van der Waals surface area contributed by atoms with E-state index in [9.17, 15) is 0 Å². The minimum Gasteiger partial charge on any atom is -0.369 e. The Morgan fingerprint density at radius 2 is 2.22 bits per heavy atom. The van der Waals surface area contributed by atoms with Gasteiger partial charge < -0.3 is 10.3 Å². The molecule has 6 nitrogen and oxygen atoms in total. The number of nitrogens with two attached hydrogens (primary N) is 1. The molecule has 7 heteroatoms. The van der Waals surface area contributed by atoms with Crippen molar-refractivity contribution in [1.29, 1.82) is 0 Å². The number of rotatable bonds is 2. The normalized spacial score (nSPS) is 11.2. The molecule has 2 heterocycles. The number of nitrogens with zero attached hydrogens (tertiary/aromatic N) is 5. The van der Waals surface area contributed by atoms with Crippen molar-refractivity contribution in [2.45, 2.75) is 6.54 Å². The lowest BCUT2D eigenvalue weighted by molar-refractivity contribution is 0.715. The minimum atomic E-state index is 0.468. The summed E-state index contributed by atoms with van der Waals surface area (Å²) in [6, 6.07) is 5.86. The summed E-state index contributed by atoms with van der Waals surface area (Å²) in [6.45, 7) is 0.514. The standard InChI is InChI=1S/C11H11BrN6/c1-17-6-14-10(16-17)5-18-9-4-7(12)2-3-8(9)15-11(18)13/h2-4,6H,5H2,1H3,(H2,13,15). The van der Waals surface area contributed by atoms with Gasteiger partial charge in [-0.3, -0.25) is 4.68 Å². The molecular formula is C11H11BrN6. The highest BCUT2D eigenvalue weighted by Crippen LogP contribution is 2.22. The van der Waals surface area contributed by atoms with E-state index in [4.69, 9.17) is 5.73 Å². The lowest BCUT2D eigenvalue weighted by atomic mass is 10.3. The maximum atomic E-state index is 5.93. The first kappa shape index (κ1) is 11.2. The highest BCUT2D eigenvalue weighted by molar-refractivity contribution is 9.10. The van der Waals surface area contributed by atoms with E-state index in [-0.39, 0.29) is 0 Å². The molecule has 3 aromatic rings. The maximum Gasteiger partial charge on any atom is 0.201 e. The highest BCUT2D eigenvalue weighted by atomic mass is 79.9. The fourth-order valence-corrected chi connectivity index (χ4v) is 2.23. The molecule has 2 aromatic heterocycles. The third-order valence-corrected chi connectivity index (χ3v) is 3.18. The van der Waals surface area contributed by atoms with Crippen molar-refractivity contribution in [3.05, 3.63) is 34.8 Å². The molecule has 2 N–H and O–H groups in total. The molecule has 0 unspecified atom stereocenters. The van der Waals surface area contributed by atoms with E-state index in [1.54, 1.807) is 11.0 Å². The summed E-state index contributed by atoms with van der Waals surface area (Å²) < 4.78 is 4.56. The van der Waals surface area contributed by atoms with E-state index in [0.717, 1.165) is 15.5 Å². The fraction of sp³-hybridized carbons (Fsp3) is 0.182. The number of benzene rings is 1. The largest absolute Gasteiger partial charge is 0.369 e. The van der Waals surface area contributed by atoms with Crippen LogP contribution in [-0.4, -0.2) is 24.3 Å². The Hall–Kier alpha value is -1.89. The average molecular weight is 307 g/mol. The molecule has 0 saturated heterocycles. The predicted octanol–water partition coefficient (Wildman–Crippen LogP) is 1.56. The molecule has 0 aliphatic heterocycles. The number of aryl methyl sites for hydroxylation is 1. The number of halogens is 1. The summed E-state index contributed by atoms with van der Waals surface area (Å²) in [6.07, 6.45) is 1.67. The summed E-state index contributed by atoms with van der Waals surface area (Å²) in [4.78, 5) is 8.51. The van der Waals surface area contributed by atoms with E-state index < -0.39 is 0 Å². The summed E-state index contributed by atoms with van der Waals surface area (Å²) in [5.41, 5.74) is 7.77. The molecule has 0 spiro atoms. The molecule has 0 fully saturated rings. The summed E-state index contributed by atoms with van der Waals surface area (Å²) in [5, 5.41) is 4.25. The van der Waals surface area contributed by atoms with Gasteiger partial charge in [0.15, 0.2) is 5.82 Å². The lowest BCUT2D eigenvalue weighted by Crippen LogP contribution is -2.06. The highest BCUT2D eigenvalue weighted by Gasteiger charge is 2.10. The van der Waals surface area contributed by atoms with Crippen molar-refractivity contribution in [1.82, 2.24) is 24.3 Å². The van der Waals surface area contributed by atoms with Crippen LogP contribution in [0.15, 0.2) is 29.0 Å². The molecular weight excluding hydrogens is 296 g/mol. The van der Waals surface area contributed by atoms with E-state index in [1.165, 1.54) is 0 Å². The van der Waals surface area contributed by atoms with Crippen LogP contribution in [-0.2, 0) is 13.6 Å². The van der Waals surface area contributed by atoms with Gasteiger partial charge >= 0.3 is 0 Å². The third-order valence-electron chi connectivity index (χ3n) is 2.69. The van der Waals surface area contributed by atoms with Crippen molar-refractivity contribution in [3.8, 4) is 0 Å². The van der Waals surface area contributed by atoms with Gasteiger partial charge in [-0.25, -0.2) is 9.97 Å². The average Bonchev–Trinajstić information content (AvgIpc) is 2.86. The van der Waals surface area contributed by atoms with Crippen molar-refractivity contribution in [2.75, 3.05) is 5.73 Å². The van der Waals surface area contributed by atoms with Crippen molar-refractivity contribution in [2.24, 2.45) is 7.05 Å². The molecule has 3 rings (SSSR count). The topological polar surface area (TPSA) is 74.5 Å². The molecule has 0 bridgehead atoms. The second-order valence-electron chi connectivity index (χ2n) is 4.02. The molecule has 1 aromatic carbocycles. The molecule has 0 atom stereocenters. The lowest BCUT2D eigenvalue weighted by Gasteiger charge is -2.03. The van der Waals surface area contributed by atoms with Crippen LogP contribution >= 0.6 is 15.9 Å². The fourth-order valence-electron chi connectivity index (χ4n) is 1.88. The summed E-state index contributed by atoms with van der Waals surface area (Å²) >= 11 is 3.45. The van der Waals surface area contributed by atoms with Gasteiger partial charge in [-0.1, -0.05) is 15.9 Å². The van der Waals surface area contributed by atoms with Gasteiger partial charge in [0.25, 0.3) is 0 Å². The Morgan fingerprint density at radius 3 is 2.94 bits per heavy atom. The monoisotopic (exact) mass is 306 g/mol. The molecule has 92 valence electrons. The number of hydrogen-bond donors (Lipinski definition) is 1. The number of fused-ring (bicyclic) bond motifs is 1. The Labute approximate surface area is 112 Å². The van der Waals surface area contributed by atoms with Gasteiger partial charge in [-0.05, 0) is 18.2 Å². The van der Waals surface area contributed by atoms with Crippen LogP contribution in [0.25, 0.3) is 11.0 Å². The Bertz CT molecular complexity index is 713. The molecule has 0 radical (unpaired) electrons. The second-order valence-corrected chi connectivity index (χ2v) is 4.94. The Morgan fingerprint density at radius 1 is 1.39 bits per heavy atom. The zero-order chi connectivity index (χ0) is 12.7. The molecule has 18 heavy (non-hydrogen) atoms. The number of hydrogen-bond acceptors (Lipinski definition) is 4. The quantitative estimate of drug-likeness (QED) is 0.779. The first-order chi connectivity index (χ1) is 8.63. The van der Waals surface area contributed by atoms with Crippen molar-refractivity contribution < 1.29 is 0 Å². The zero-order valence-electron chi connectivity index (χ0n) is 9.71. The second kappa shape index (κ2) is 4.09. The van der Waals surface area contributed by atoms with Crippen LogP contribution < -0.4 is 5.73 Å². The van der Waals surface area contributed by atoms with Gasteiger partial charge in [0.1, 0.15) is 6.33 Å². The minimum absolute atomic E-state index is 0.468. The smallest absolute Gasteiger partial charge is 0.201 e. The third kappa shape index (κ3) is 1.86. The van der Waals surface area contributed by atoms with Crippen LogP contribution in [0.4, 0.5) is 5.95 Å². The van der Waals surface area contributed by atoms with Crippen LogP contribution in [0, 0.1) is 0 Å². The number of imidazole rings is 1. The van der Waals surface area contributed by atoms with Crippen LogP contribution in [0.3, 0.4) is 0 Å². The SMILES string of the molecule is Cn1cnc(Cn2c(N)nc3ccc(Br)cc32)n1. The van der Waals surface area contributed by atoms with E-state index >= 15 is 0 Å². The zero-order valence-corrected chi connectivity index (χ0v) is 11.3. The van der Waals surface area contributed by atoms with Gasteiger partial charge in [0.2, 0.25) is 5.95 Å². The van der Waals surface area contributed by atoms with Gasteiger partial charge in [0, 0.05) is 11.5 Å². The van der Waals surface area contributed by atoms with Gasteiger partial charge in [0.05, 0.1) is 17.6 Å². The number of aromatic nitrogens is 5. The van der Waals surface area contributed by atoms with Gasteiger partial charge in [-0.15, -0.1) is 0 Å². The summed E-state index contributed by atoms with van der Waals surface area (Å²) in [7, 11) is 1.84. The van der Waals surface area contributed by atoms with E-state index in [1.807, 2.05) is 29.8 Å². The maximum absolute atomic E-state index is 5.93. The van der Waals surface area contributed by atoms with Crippen molar-refractivity contribution in [3.63, 3.8) is 0 Å². The molecule has 0 aliphatic rings. The Kier molecular flexibility index (Phi) is 2.55. The van der Waals surface area contributed by atoms with Crippen molar-refractivity contribution >= 4 is 32.9 Å². The molecule has 0 amide bonds. The van der Waals surface area contributed by atoms with Crippen LogP contribution in [0.5, 0.6) is 0 Å². The first-order valence-corrected chi connectivity index (χ1v) is 6.18.